The summed E-state index contributed by atoms with van der Waals surface area (Å²) in [5.41, 5.74) is 2.10. The van der Waals surface area contributed by atoms with Crippen LogP contribution >= 0.6 is 0 Å². The molecule has 0 radical (unpaired) electrons. The number of H-pyrrole nitrogens is 1. The van der Waals surface area contributed by atoms with E-state index in [0.717, 1.165) is 17.1 Å². The van der Waals surface area contributed by atoms with Gasteiger partial charge in [0.1, 0.15) is 6.33 Å². The second-order valence-corrected chi connectivity index (χ2v) is 2.66. The van der Waals surface area contributed by atoms with E-state index < -0.39 is 0 Å². The largest absolute Gasteiger partial charge is 0.388 e. The highest BCUT2D eigenvalue weighted by Gasteiger charge is 1.99. The van der Waals surface area contributed by atoms with E-state index in [4.69, 9.17) is 0 Å². The van der Waals surface area contributed by atoms with Crippen molar-refractivity contribution in [1.29, 1.82) is 0 Å². The molecular weight excluding hydrogens is 164 g/mol. The highest BCUT2D eigenvalue weighted by molar-refractivity contribution is 5.61. The highest BCUT2D eigenvalue weighted by Crippen LogP contribution is 2.17. The second kappa shape index (κ2) is 3.26. The maximum absolute atomic E-state index is 4.07. The lowest BCUT2D eigenvalue weighted by molar-refractivity contribution is 1.10. The molecule has 2 rings (SSSR count). The molecule has 1 aromatic heterocycles. The zero-order valence-electron chi connectivity index (χ0n) is 7.28. The molecule has 4 heteroatoms. The topological polar surface area (TPSA) is 53.6 Å². The number of rotatable bonds is 2. The van der Waals surface area contributed by atoms with Crippen LogP contribution in [-0.4, -0.2) is 22.2 Å². The molecule has 0 aliphatic carbocycles. The normalized spacial score (nSPS) is 9.92. The third kappa shape index (κ3) is 1.51. The lowest BCUT2D eigenvalue weighted by Crippen LogP contribution is -1.88. The van der Waals surface area contributed by atoms with Gasteiger partial charge in [-0.2, -0.15) is 5.10 Å². The number of hydrogen-bond acceptors (Lipinski definition) is 3. The Morgan fingerprint density at radius 1 is 1.38 bits per heavy atom. The lowest BCUT2D eigenvalue weighted by atomic mass is 10.2. The fourth-order valence-electron chi connectivity index (χ4n) is 1.17. The molecule has 2 aromatic rings. The molecule has 4 nitrogen and oxygen atoms in total. The molecule has 66 valence electrons. The summed E-state index contributed by atoms with van der Waals surface area (Å²) in [7, 11) is 1.89. The van der Waals surface area contributed by atoms with E-state index in [-0.39, 0.29) is 0 Å². The molecule has 1 aromatic carbocycles. The van der Waals surface area contributed by atoms with Crippen LogP contribution in [0.25, 0.3) is 11.4 Å². The van der Waals surface area contributed by atoms with E-state index in [9.17, 15) is 0 Å². The summed E-state index contributed by atoms with van der Waals surface area (Å²) in [4.78, 5) is 4.07. The van der Waals surface area contributed by atoms with Gasteiger partial charge in [0.25, 0.3) is 0 Å². The van der Waals surface area contributed by atoms with Crippen molar-refractivity contribution in [2.45, 2.75) is 0 Å². The number of benzene rings is 1. The van der Waals surface area contributed by atoms with Gasteiger partial charge in [0.05, 0.1) is 0 Å². The molecule has 0 atom stereocenters. The van der Waals surface area contributed by atoms with Crippen LogP contribution in [0.3, 0.4) is 0 Å². The van der Waals surface area contributed by atoms with Gasteiger partial charge in [0, 0.05) is 18.3 Å². The minimum Gasteiger partial charge on any atom is -0.388 e. The second-order valence-electron chi connectivity index (χ2n) is 2.66. The molecule has 0 spiro atoms. The average Bonchev–Trinajstić information content (AvgIpc) is 2.71. The van der Waals surface area contributed by atoms with Crippen molar-refractivity contribution in [1.82, 2.24) is 15.2 Å². The summed E-state index contributed by atoms with van der Waals surface area (Å²) in [6, 6.07) is 7.98. The molecule has 13 heavy (non-hydrogen) atoms. The molecule has 0 fully saturated rings. The molecule has 0 unspecified atom stereocenters. The third-order valence-electron chi connectivity index (χ3n) is 1.84. The highest BCUT2D eigenvalue weighted by atomic mass is 15.2. The lowest BCUT2D eigenvalue weighted by Gasteiger charge is -2.00. The zero-order valence-corrected chi connectivity index (χ0v) is 7.28. The Morgan fingerprint density at radius 3 is 3.00 bits per heavy atom. The number of hydrogen-bond donors (Lipinski definition) is 2. The van der Waals surface area contributed by atoms with Crippen LogP contribution in [0.4, 0.5) is 5.69 Å². The van der Waals surface area contributed by atoms with Gasteiger partial charge >= 0.3 is 0 Å². The van der Waals surface area contributed by atoms with E-state index in [0.29, 0.717) is 0 Å². The monoisotopic (exact) mass is 174 g/mol. The summed E-state index contributed by atoms with van der Waals surface area (Å²) in [5, 5.41) is 9.68. The molecule has 0 saturated heterocycles. The zero-order chi connectivity index (χ0) is 9.10. The van der Waals surface area contributed by atoms with E-state index in [2.05, 4.69) is 20.5 Å². The minimum absolute atomic E-state index is 0.789. The molecular formula is C9H10N4. The Bertz CT molecular complexity index is 380. The Hall–Kier alpha value is -1.84. The molecule has 0 amide bonds. The first kappa shape index (κ1) is 7.79. The van der Waals surface area contributed by atoms with Crippen LogP contribution in [0.1, 0.15) is 0 Å². The Kier molecular flexibility index (Phi) is 1.96. The predicted octanol–water partition coefficient (Wildman–Crippen LogP) is 1.51. The first-order chi connectivity index (χ1) is 6.40. The summed E-state index contributed by atoms with van der Waals surface area (Å²) >= 11 is 0. The van der Waals surface area contributed by atoms with Crippen molar-refractivity contribution in [3.63, 3.8) is 0 Å². The standard InChI is InChI=1S/C9H10N4/c1-10-8-4-2-3-7(5-8)9-11-6-12-13-9/h2-6,10H,1H3,(H,11,12,13). The number of nitrogens with zero attached hydrogens (tertiary/aromatic N) is 2. The molecule has 2 N–H and O–H groups in total. The summed E-state index contributed by atoms with van der Waals surface area (Å²) in [6.45, 7) is 0. The fourth-order valence-corrected chi connectivity index (χ4v) is 1.17. The summed E-state index contributed by atoms with van der Waals surface area (Å²) in [6.07, 6.45) is 1.50. The predicted molar refractivity (Wildman–Crippen MR) is 51.4 cm³/mol. The molecule has 0 bridgehead atoms. The van der Waals surface area contributed by atoms with Crippen LogP contribution in [0.5, 0.6) is 0 Å². The SMILES string of the molecule is CNc1cccc(-c2ncn[nH]2)c1. The van der Waals surface area contributed by atoms with Gasteiger partial charge in [-0.25, -0.2) is 4.98 Å². The maximum Gasteiger partial charge on any atom is 0.155 e. The molecule has 1 heterocycles. The fraction of sp³-hybridized carbons (Fsp3) is 0.111. The number of aromatic nitrogens is 3. The maximum atomic E-state index is 4.07. The van der Waals surface area contributed by atoms with Gasteiger partial charge in [-0.15, -0.1) is 0 Å². The van der Waals surface area contributed by atoms with Crippen LogP contribution in [0.15, 0.2) is 30.6 Å². The van der Waals surface area contributed by atoms with Crippen molar-refractivity contribution >= 4 is 5.69 Å². The van der Waals surface area contributed by atoms with Gasteiger partial charge < -0.3 is 5.32 Å². The van der Waals surface area contributed by atoms with E-state index in [1.165, 1.54) is 6.33 Å². The van der Waals surface area contributed by atoms with E-state index in [1.807, 2.05) is 31.3 Å². The summed E-state index contributed by atoms with van der Waals surface area (Å²) in [5.74, 6) is 0.789. The van der Waals surface area contributed by atoms with E-state index in [1.54, 1.807) is 0 Å². The molecule has 0 aliphatic heterocycles. The first-order valence-corrected chi connectivity index (χ1v) is 4.03. The first-order valence-electron chi connectivity index (χ1n) is 4.03. The van der Waals surface area contributed by atoms with Crippen molar-refractivity contribution in [3.8, 4) is 11.4 Å². The number of nitrogens with one attached hydrogen (secondary N) is 2. The van der Waals surface area contributed by atoms with Crippen molar-refractivity contribution in [2.24, 2.45) is 0 Å². The van der Waals surface area contributed by atoms with Gasteiger partial charge in [-0.3, -0.25) is 5.10 Å². The van der Waals surface area contributed by atoms with Gasteiger partial charge in [-0.1, -0.05) is 12.1 Å². The Morgan fingerprint density at radius 2 is 2.31 bits per heavy atom. The van der Waals surface area contributed by atoms with Crippen LogP contribution in [0.2, 0.25) is 0 Å². The smallest absolute Gasteiger partial charge is 0.155 e. The van der Waals surface area contributed by atoms with Crippen LogP contribution < -0.4 is 5.32 Å². The third-order valence-corrected chi connectivity index (χ3v) is 1.84. The summed E-state index contributed by atoms with van der Waals surface area (Å²) < 4.78 is 0. The quantitative estimate of drug-likeness (QED) is 0.725. The van der Waals surface area contributed by atoms with Gasteiger partial charge in [0.2, 0.25) is 0 Å². The van der Waals surface area contributed by atoms with Gasteiger partial charge in [0.15, 0.2) is 5.82 Å². The minimum atomic E-state index is 0.789. The number of aromatic amines is 1. The van der Waals surface area contributed by atoms with Crippen molar-refractivity contribution < 1.29 is 0 Å². The molecule has 0 saturated carbocycles. The van der Waals surface area contributed by atoms with Crippen LogP contribution in [-0.2, 0) is 0 Å². The Labute approximate surface area is 76.0 Å². The van der Waals surface area contributed by atoms with Crippen LogP contribution in [0, 0.1) is 0 Å². The average molecular weight is 174 g/mol. The van der Waals surface area contributed by atoms with Gasteiger partial charge in [-0.05, 0) is 12.1 Å². The number of anilines is 1. The van der Waals surface area contributed by atoms with E-state index >= 15 is 0 Å². The van der Waals surface area contributed by atoms with Crippen molar-refractivity contribution in [3.05, 3.63) is 30.6 Å². The Balaban J connectivity index is 2.41. The molecule has 0 aliphatic rings. The van der Waals surface area contributed by atoms with Crippen molar-refractivity contribution in [2.75, 3.05) is 12.4 Å².